The molecule has 0 saturated heterocycles. The van der Waals surface area contributed by atoms with Crippen LogP contribution in [0.5, 0.6) is 0 Å². The molecule has 1 aromatic heterocycles. The van der Waals surface area contributed by atoms with Crippen molar-refractivity contribution in [2.45, 2.75) is 31.3 Å². The Hall–Kier alpha value is -1.18. The molecule has 0 saturated carbocycles. The molecule has 0 spiro atoms. The molecule has 0 unspecified atom stereocenters. The molecule has 0 fully saturated rings. The van der Waals surface area contributed by atoms with Gasteiger partial charge in [-0.2, -0.15) is 0 Å². The van der Waals surface area contributed by atoms with E-state index in [2.05, 4.69) is 10.3 Å². The third-order valence-electron chi connectivity index (χ3n) is 2.04. The fourth-order valence-electron chi connectivity index (χ4n) is 1.29. The number of carbonyl (C=O) groups is 1. The summed E-state index contributed by atoms with van der Waals surface area (Å²) < 4.78 is 28.9. The third-order valence-corrected chi connectivity index (χ3v) is 3.81. The van der Waals surface area contributed by atoms with E-state index in [-0.39, 0.29) is 22.5 Å². The molecule has 1 N–H and O–H groups in total. The fourth-order valence-corrected chi connectivity index (χ4v) is 2.43. The first-order valence-corrected chi connectivity index (χ1v) is 7.90. The van der Waals surface area contributed by atoms with Crippen LogP contribution in [0.1, 0.15) is 20.8 Å². The predicted molar refractivity (Wildman–Crippen MR) is 75.1 cm³/mol. The van der Waals surface area contributed by atoms with Crippen molar-refractivity contribution in [3.8, 4) is 0 Å². The third kappa shape index (κ3) is 5.85. The van der Waals surface area contributed by atoms with E-state index in [1.165, 1.54) is 18.3 Å². The molecule has 1 aromatic rings. The van der Waals surface area contributed by atoms with Crippen LogP contribution < -0.4 is 5.32 Å². The van der Waals surface area contributed by atoms with Crippen molar-refractivity contribution in [2.75, 3.05) is 12.4 Å². The van der Waals surface area contributed by atoms with Crippen molar-refractivity contribution in [3.63, 3.8) is 0 Å². The number of hydrogen-bond donors (Lipinski definition) is 1. The van der Waals surface area contributed by atoms with Crippen molar-refractivity contribution in [3.05, 3.63) is 23.5 Å². The van der Waals surface area contributed by atoms with Crippen LogP contribution in [0, 0.1) is 0 Å². The van der Waals surface area contributed by atoms with Crippen LogP contribution in [-0.4, -0.2) is 37.4 Å². The lowest BCUT2D eigenvalue weighted by molar-refractivity contribution is -0.153. The zero-order chi connectivity index (χ0) is 15.4. The number of rotatable bonds is 5. The lowest BCUT2D eigenvalue weighted by atomic mass is 10.2. The Balaban J connectivity index is 2.53. The average molecular weight is 321 g/mol. The van der Waals surface area contributed by atoms with E-state index in [0.29, 0.717) is 0 Å². The molecule has 0 aliphatic carbocycles. The highest BCUT2D eigenvalue weighted by Crippen LogP contribution is 2.11. The van der Waals surface area contributed by atoms with E-state index in [9.17, 15) is 13.2 Å². The number of nitrogens with zero attached hydrogens (tertiary/aromatic N) is 1. The van der Waals surface area contributed by atoms with Crippen molar-refractivity contribution >= 4 is 27.4 Å². The summed E-state index contributed by atoms with van der Waals surface area (Å²) in [6.07, 6.45) is 1.17. The number of aromatic nitrogens is 1. The Morgan fingerprint density at radius 3 is 2.55 bits per heavy atom. The van der Waals surface area contributed by atoms with Gasteiger partial charge in [0.15, 0.2) is 9.84 Å². The number of halogens is 1. The zero-order valence-electron chi connectivity index (χ0n) is 11.5. The van der Waals surface area contributed by atoms with Gasteiger partial charge in [0.05, 0.1) is 11.4 Å². The molecular formula is C12H17ClN2O4S. The summed E-state index contributed by atoms with van der Waals surface area (Å²) in [4.78, 5) is 15.2. The van der Waals surface area contributed by atoms with Gasteiger partial charge in [-0.25, -0.2) is 13.4 Å². The van der Waals surface area contributed by atoms with Gasteiger partial charge >= 0.3 is 5.97 Å². The molecule has 0 aliphatic rings. The number of hydrogen-bond acceptors (Lipinski definition) is 6. The lowest BCUT2D eigenvalue weighted by Gasteiger charge is -2.19. The second-order valence-electron chi connectivity index (χ2n) is 5.09. The summed E-state index contributed by atoms with van der Waals surface area (Å²) in [6, 6.07) is 2.75. The summed E-state index contributed by atoms with van der Waals surface area (Å²) in [5.74, 6) is -0.892. The van der Waals surface area contributed by atoms with Crippen molar-refractivity contribution < 1.29 is 17.9 Å². The topological polar surface area (TPSA) is 85.4 Å². The van der Waals surface area contributed by atoms with Crippen LogP contribution in [-0.2, 0) is 19.4 Å². The van der Waals surface area contributed by atoms with E-state index >= 15 is 0 Å². The molecule has 0 atom stereocenters. The maximum atomic E-state index is 11.9. The summed E-state index contributed by atoms with van der Waals surface area (Å²) in [5.41, 5.74) is -0.599. The first-order chi connectivity index (χ1) is 9.10. The van der Waals surface area contributed by atoms with E-state index in [1.807, 2.05) is 0 Å². The number of pyridine rings is 1. The van der Waals surface area contributed by atoms with Gasteiger partial charge < -0.3 is 4.74 Å². The van der Waals surface area contributed by atoms with E-state index in [0.717, 1.165) is 0 Å². The average Bonchev–Trinajstić information content (AvgIpc) is 2.26. The van der Waals surface area contributed by atoms with Gasteiger partial charge in [-0.1, -0.05) is 11.6 Å². The number of carbonyl (C=O) groups excluding carboxylic acids is 1. The van der Waals surface area contributed by atoms with E-state index in [1.54, 1.807) is 20.8 Å². The molecule has 0 aliphatic heterocycles. The van der Waals surface area contributed by atoms with Gasteiger partial charge in [0.25, 0.3) is 0 Å². The number of esters is 1. The first-order valence-electron chi connectivity index (χ1n) is 5.87. The van der Waals surface area contributed by atoms with Gasteiger partial charge in [0, 0.05) is 6.20 Å². The van der Waals surface area contributed by atoms with Crippen LogP contribution in [0.4, 0.5) is 0 Å². The Morgan fingerprint density at radius 2 is 2.05 bits per heavy atom. The van der Waals surface area contributed by atoms with Crippen LogP contribution >= 0.6 is 11.6 Å². The normalized spacial score (nSPS) is 12.2. The second-order valence-corrected chi connectivity index (χ2v) is 7.47. The molecule has 0 aromatic carbocycles. The molecule has 8 heteroatoms. The van der Waals surface area contributed by atoms with Crippen molar-refractivity contribution in [1.29, 1.82) is 0 Å². The minimum Gasteiger partial charge on any atom is -0.459 e. The number of ether oxygens (including phenoxy) is 1. The smallest absolute Gasteiger partial charge is 0.320 e. The summed E-state index contributed by atoms with van der Waals surface area (Å²) >= 11 is 5.59. The molecule has 20 heavy (non-hydrogen) atoms. The molecule has 0 radical (unpaired) electrons. The Morgan fingerprint density at radius 1 is 1.40 bits per heavy atom. The molecule has 1 heterocycles. The SMILES string of the molecule is CC(C)(C)OC(=O)CNCS(=O)(=O)c1ccc(Cl)nc1. The molecule has 1 rings (SSSR count). The number of nitrogens with one attached hydrogen (secondary N) is 1. The van der Waals surface area contributed by atoms with Crippen LogP contribution in [0.15, 0.2) is 23.2 Å². The predicted octanol–water partition coefficient (Wildman–Crippen LogP) is 1.40. The zero-order valence-corrected chi connectivity index (χ0v) is 13.1. The quantitative estimate of drug-likeness (QED) is 0.652. The van der Waals surface area contributed by atoms with Crippen molar-refractivity contribution in [2.24, 2.45) is 0 Å². The summed E-state index contributed by atoms with van der Waals surface area (Å²) in [5, 5.41) is 2.75. The largest absolute Gasteiger partial charge is 0.459 e. The van der Waals surface area contributed by atoms with E-state index < -0.39 is 21.4 Å². The first kappa shape index (κ1) is 16.9. The van der Waals surface area contributed by atoms with E-state index in [4.69, 9.17) is 16.3 Å². The molecule has 112 valence electrons. The molecular weight excluding hydrogens is 304 g/mol. The molecule has 0 bridgehead atoms. The van der Waals surface area contributed by atoms with Gasteiger partial charge in [-0.15, -0.1) is 0 Å². The lowest BCUT2D eigenvalue weighted by Crippen LogP contribution is -2.34. The minimum absolute atomic E-state index is 0.0404. The van der Waals surface area contributed by atoms with Crippen molar-refractivity contribution in [1.82, 2.24) is 10.3 Å². The maximum Gasteiger partial charge on any atom is 0.320 e. The summed E-state index contributed by atoms with van der Waals surface area (Å²) in [6.45, 7) is 5.03. The van der Waals surface area contributed by atoms with Gasteiger partial charge in [0.2, 0.25) is 0 Å². The maximum absolute atomic E-state index is 11.9. The second kappa shape index (κ2) is 6.51. The van der Waals surface area contributed by atoms with Crippen LogP contribution in [0.2, 0.25) is 5.15 Å². The van der Waals surface area contributed by atoms with Gasteiger partial charge in [-0.05, 0) is 32.9 Å². The molecule has 0 amide bonds. The minimum atomic E-state index is -3.56. The highest BCUT2D eigenvalue weighted by atomic mass is 35.5. The monoisotopic (exact) mass is 320 g/mol. The highest BCUT2D eigenvalue weighted by Gasteiger charge is 2.18. The number of sulfone groups is 1. The Bertz CT molecular complexity index is 564. The van der Waals surface area contributed by atoms with Gasteiger partial charge in [-0.3, -0.25) is 10.1 Å². The summed E-state index contributed by atoms with van der Waals surface area (Å²) in [7, 11) is -3.56. The standard InChI is InChI=1S/C12H17ClN2O4S/c1-12(2,3)19-11(16)7-14-8-20(17,18)9-4-5-10(13)15-6-9/h4-6,14H,7-8H2,1-3H3. The Kier molecular flexibility index (Phi) is 5.50. The Labute approximate surface area is 123 Å². The highest BCUT2D eigenvalue weighted by molar-refractivity contribution is 7.91. The molecule has 6 nitrogen and oxygen atoms in total. The van der Waals surface area contributed by atoms with Crippen LogP contribution in [0.25, 0.3) is 0 Å². The van der Waals surface area contributed by atoms with Gasteiger partial charge in [0.1, 0.15) is 16.6 Å². The van der Waals surface area contributed by atoms with Crippen LogP contribution in [0.3, 0.4) is 0 Å². The fraction of sp³-hybridized carbons (Fsp3) is 0.500.